The van der Waals surface area contributed by atoms with Crippen LogP contribution >= 0.6 is 15.9 Å². The number of halogens is 1. The highest BCUT2D eigenvalue weighted by molar-refractivity contribution is 9.10. The predicted molar refractivity (Wildman–Crippen MR) is 99.5 cm³/mol. The van der Waals surface area contributed by atoms with Crippen LogP contribution in [0.2, 0.25) is 0 Å². The summed E-state index contributed by atoms with van der Waals surface area (Å²) in [7, 11) is 0. The first-order valence-corrected chi connectivity index (χ1v) is 9.20. The molecule has 1 aromatic heterocycles. The molecule has 25 heavy (non-hydrogen) atoms. The minimum absolute atomic E-state index is 0.0448. The highest BCUT2D eigenvalue weighted by Crippen LogP contribution is 2.18. The van der Waals surface area contributed by atoms with Crippen molar-refractivity contribution < 1.29 is 9.59 Å². The van der Waals surface area contributed by atoms with Crippen molar-refractivity contribution in [1.29, 1.82) is 0 Å². The van der Waals surface area contributed by atoms with Gasteiger partial charge in [0.2, 0.25) is 5.91 Å². The van der Waals surface area contributed by atoms with Crippen molar-refractivity contribution in [3.8, 4) is 0 Å². The lowest BCUT2D eigenvalue weighted by Crippen LogP contribution is -2.35. The summed E-state index contributed by atoms with van der Waals surface area (Å²) in [5.41, 5.74) is 2.06. The second-order valence-corrected chi connectivity index (χ2v) is 7.30. The average Bonchev–Trinajstić information content (AvgIpc) is 3.19. The topological polar surface area (TPSA) is 76.0 Å². The molecular formula is C18H21BrN4O2. The minimum atomic E-state index is -0.194. The molecule has 2 amide bonds. The number of nitrogens with one attached hydrogen (secondary N) is 2. The molecule has 1 fully saturated rings. The van der Waals surface area contributed by atoms with Crippen LogP contribution in [0.4, 0.5) is 5.69 Å². The number of hydrogen-bond donors (Lipinski definition) is 2. The van der Waals surface area contributed by atoms with Crippen LogP contribution < -0.4 is 10.6 Å². The Kier molecular flexibility index (Phi) is 5.53. The van der Waals surface area contributed by atoms with Gasteiger partial charge in [-0.3, -0.25) is 14.3 Å². The summed E-state index contributed by atoms with van der Waals surface area (Å²) >= 11 is 3.39. The Morgan fingerprint density at radius 2 is 2.08 bits per heavy atom. The fourth-order valence-corrected chi connectivity index (χ4v) is 3.56. The molecule has 7 heteroatoms. The van der Waals surface area contributed by atoms with E-state index in [0.29, 0.717) is 17.3 Å². The first-order valence-electron chi connectivity index (χ1n) is 8.40. The van der Waals surface area contributed by atoms with Gasteiger partial charge in [0.15, 0.2) is 0 Å². The lowest BCUT2D eigenvalue weighted by atomic mass is 10.1. The van der Waals surface area contributed by atoms with E-state index in [1.807, 2.05) is 19.1 Å². The highest BCUT2D eigenvalue weighted by atomic mass is 79.9. The van der Waals surface area contributed by atoms with E-state index < -0.39 is 0 Å². The van der Waals surface area contributed by atoms with E-state index in [1.54, 1.807) is 18.5 Å². The maximum absolute atomic E-state index is 12.4. The molecule has 2 aromatic rings. The summed E-state index contributed by atoms with van der Waals surface area (Å²) in [6.07, 6.45) is 7.68. The molecule has 3 rings (SSSR count). The maximum atomic E-state index is 12.4. The van der Waals surface area contributed by atoms with E-state index >= 15 is 0 Å². The standard InChI is InChI=1S/C18H21BrN4O2/c1-12-8-13(19)6-7-16(12)18(25)22-15-9-20-23(10-15)11-17(24)21-14-4-2-3-5-14/h6-10,14H,2-5,11H2,1H3,(H,21,24)(H,22,25). The minimum Gasteiger partial charge on any atom is -0.352 e. The molecule has 6 nitrogen and oxygen atoms in total. The van der Waals surface area contributed by atoms with Crippen LogP contribution in [0, 0.1) is 6.92 Å². The largest absolute Gasteiger partial charge is 0.352 e. The van der Waals surface area contributed by atoms with E-state index in [4.69, 9.17) is 0 Å². The molecule has 2 N–H and O–H groups in total. The Bertz CT molecular complexity index is 781. The Morgan fingerprint density at radius 1 is 1.32 bits per heavy atom. The number of amides is 2. The van der Waals surface area contributed by atoms with Crippen LogP contribution in [0.3, 0.4) is 0 Å². The average molecular weight is 405 g/mol. The van der Waals surface area contributed by atoms with Gasteiger partial charge in [-0.05, 0) is 43.5 Å². The molecule has 0 saturated heterocycles. The molecule has 0 unspecified atom stereocenters. The third kappa shape index (κ3) is 4.69. The molecule has 1 aromatic carbocycles. The van der Waals surface area contributed by atoms with E-state index in [9.17, 15) is 9.59 Å². The van der Waals surface area contributed by atoms with Gasteiger partial charge in [0.25, 0.3) is 5.91 Å². The third-order valence-corrected chi connectivity index (χ3v) is 4.84. The van der Waals surface area contributed by atoms with Gasteiger partial charge in [0.05, 0.1) is 11.9 Å². The fourth-order valence-electron chi connectivity index (χ4n) is 3.09. The Labute approximate surface area is 155 Å². The lowest BCUT2D eigenvalue weighted by Gasteiger charge is -2.11. The molecular weight excluding hydrogens is 384 g/mol. The number of nitrogens with zero attached hydrogens (tertiary/aromatic N) is 2. The van der Waals surface area contributed by atoms with Crippen LogP contribution in [0.1, 0.15) is 41.6 Å². The SMILES string of the molecule is Cc1cc(Br)ccc1C(=O)Nc1cnn(CC(=O)NC2CCCC2)c1. The summed E-state index contributed by atoms with van der Waals surface area (Å²) in [6.45, 7) is 2.04. The van der Waals surface area contributed by atoms with Crippen molar-refractivity contribution in [2.75, 3.05) is 5.32 Å². The van der Waals surface area contributed by atoms with Crippen LogP contribution in [0.25, 0.3) is 0 Å². The predicted octanol–water partition coefficient (Wildman–Crippen LogP) is 3.27. The number of carbonyl (C=O) groups excluding carboxylic acids is 2. The number of benzene rings is 1. The number of aromatic nitrogens is 2. The molecule has 0 bridgehead atoms. The number of aryl methyl sites for hydroxylation is 1. The van der Waals surface area contributed by atoms with Crippen molar-refractivity contribution in [3.05, 3.63) is 46.2 Å². The molecule has 0 spiro atoms. The number of hydrogen-bond acceptors (Lipinski definition) is 3. The zero-order valence-electron chi connectivity index (χ0n) is 14.1. The summed E-state index contributed by atoms with van der Waals surface area (Å²) in [4.78, 5) is 24.4. The van der Waals surface area contributed by atoms with Gasteiger partial charge >= 0.3 is 0 Å². The van der Waals surface area contributed by atoms with Gasteiger partial charge in [-0.1, -0.05) is 28.8 Å². The lowest BCUT2D eigenvalue weighted by molar-refractivity contribution is -0.122. The highest BCUT2D eigenvalue weighted by Gasteiger charge is 2.17. The molecule has 132 valence electrons. The van der Waals surface area contributed by atoms with E-state index in [1.165, 1.54) is 17.5 Å². The van der Waals surface area contributed by atoms with Crippen molar-refractivity contribution in [1.82, 2.24) is 15.1 Å². The van der Waals surface area contributed by atoms with Crippen molar-refractivity contribution in [2.24, 2.45) is 0 Å². The first kappa shape index (κ1) is 17.7. The Morgan fingerprint density at radius 3 is 2.80 bits per heavy atom. The van der Waals surface area contributed by atoms with Crippen LogP contribution in [-0.4, -0.2) is 27.6 Å². The first-order chi connectivity index (χ1) is 12.0. The van der Waals surface area contributed by atoms with Crippen molar-refractivity contribution in [3.63, 3.8) is 0 Å². The maximum Gasteiger partial charge on any atom is 0.256 e. The molecule has 1 saturated carbocycles. The monoisotopic (exact) mass is 404 g/mol. The van der Waals surface area contributed by atoms with Crippen LogP contribution in [0.15, 0.2) is 35.1 Å². The van der Waals surface area contributed by atoms with Crippen LogP contribution in [0.5, 0.6) is 0 Å². The summed E-state index contributed by atoms with van der Waals surface area (Å²) in [5.74, 6) is -0.239. The second kappa shape index (κ2) is 7.82. The number of carbonyl (C=O) groups is 2. The molecule has 1 aliphatic carbocycles. The van der Waals surface area contributed by atoms with Gasteiger partial charge in [0.1, 0.15) is 6.54 Å². The van der Waals surface area contributed by atoms with Gasteiger partial charge in [-0.15, -0.1) is 0 Å². The summed E-state index contributed by atoms with van der Waals surface area (Å²) < 4.78 is 2.47. The van der Waals surface area contributed by atoms with Gasteiger partial charge in [-0.25, -0.2) is 0 Å². The van der Waals surface area contributed by atoms with E-state index in [-0.39, 0.29) is 18.4 Å². The number of rotatable bonds is 5. The van der Waals surface area contributed by atoms with Crippen molar-refractivity contribution >= 4 is 33.4 Å². The van der Waals surface area contributed by atoms with Gasteiger partial charge in [0, 0.05) is 22.3 Å². The summed E-state index contributed by atoms with van der Waals surface area (Å²) in [5, 5.41) is 9.99. The zero-order valence-corrected chi connectivity index (χ0v) is 15.7. The Hall–Kier alpha value is -2.15. The van der Waals surface area contributed by atoms with E-state index in [0.717, 1.165) is 22.9 Å². The Balaban J connectivity index is 1.57. The normalized spacial score (nSPS) is 14.5. The van der Waals surface area contributed by atoms with E-state index in [2.05, 4.69) is 31.7 Å². The van der Waals surface area contributed by atoms with Crippen molar-refractivity contribution in [2.45, 2.75) is 45.2 Å². The smallest absolute Gasteiger partial charge is 0.256 e. The number of anilines is 1. The molecule has 0 atom stereocenters. The van der Waals surface area contributed by atoms with Gasteiger partial charge in [-0.2, -0.15) is 5.10 Å². The zero-order chi connectivity index (χ0) is 17.8. The molecule has 0 aliphatic heterocycles. The van der Waals surface area contributed by atoms with Crippen LogP contribution in [-0.2, 0) is 11.3 Å². The molecule has 0 radical (unpaired) electrons. The quantitative estimate of drug-likeness (QED) is 0.802. The summed E-state index contributed by atoms with van der Waals surface area (Å²) in [6, 6.07) is 5.79. The molecule has 1 aliphatic rings. The van der Waals surface area contributed by atoms with Gasteiger partial charge < -0.3 is 10.6 Å². The third-order valence-electron chi connectivity index (χ3n) is 4.35. The second-order valence-electron chi connectivity index (χ2n) is 6.39. The fraction of sp³-hybridized carbons (Fsp3) is 0.389. The molecule has 1 heterocycles.